The van der Waals surface area contributed by atoms with Gasteiger partial charge in [0, 0.05) is 24.6 Å². The number of hydrogen-bond donors (Lipinski definition) is 3. The maximum absolute atomic E-state index is 13.3. The van der Waals surface area contributed by atoms with Gasteiger partial charge < -0.3 is 11.1 Å². The van der Waals surface area contributed by atoms with Crippen LogP contribution in [0.1, 0.15) is 38.2 Å². The third-order valence-corrected chi connectivity index (χ3v) is 6.54. The van der Waals surface area contributed by atoms with Gasteiger partial charge in [-0.2, -0.15) is 0 Å². The molecule has 1 aromatic rings. The Balaban J connectivity index is 1.81. The number of fused-ring (bicyclic) bond motifs is 4. The van der Waals surface area contributed by atoms with Crippen molar-refractivity contribution in [2.24, 2.45) is 17.6 Å². The molecular formula is C20H23ClN4O4. The van der Waals surface area contributed by atoms with Crippen molar-refractivity contribution >= 4 is 40.9 Å². The van der Waals surface area contributed by atoms with E-state index in [1.54, 1.807) is 18.2 Å². The molecule has 0 aromatic heterocycles. The summed E-state index contributed by atoms with van der Waals surface area (Å²) in [6.07, 6.45) is 1.84. The normalized spacial score (nSPS) is 30.1. The van der Waals surface area contributed by atoms with Crippen molar-refractivity contribution in [3.05, 3.63) is 28.8 Å². The second kappa shape index (κ2) is 7.11. The highest BCUT2D eigenvalue weighted by atomic mass is 35.5. The monoisotopic (exact) mass is 418 g/mol. The minimum absolute atomic E-state index is 0.0530. The minimum atomic E-state index is -1.39. The second-order valence-corrected chi connectivity index (χ2v) is 8.27. The number of rotatable bonds is 6. The van der Waals surface area contributed by atoms with Gasteiger partial charge in [-0.15, -0.1) is 0 Å². The fourth-order valence-electron chi connectivity index (χ4n) is 4.94. The zero-order valence-electron chi connectivity index (χ0n) is 16.0. The number of halogens is 1. The van der Waals surface area contributed by atoms with E-state index in [4.69, 9.17) is 17.3 Å². The number of nitrogens with zero attached hydrogens (tertiary/aromatic N) is 1. The van der Waals surface area contributed by atoms with Crippen molar-refractivity contribution in [3.8, 4) is 0 Å². The summed E-state index contributed by atoms with van der Waals surface area (Å²) in [7, 11) is 0. The number of nitrogens with one attached hydrogen (secondary N) is 2. The lowest BCUT2D eigenvalue weighted by molar-refractivity contribution is -0.143. The number of para-hydroxylation sites is 1. The van der Waals surface area contributed by atoms with E-state index in [9.17, 15) is 19.2 Å². The van der Waals surface area contributed by atoms with Crippen LogP contribution in [0.4, 0.5) is 5.69 Å². The SMILES string of the molecule is CCCCN1C(=O)[C@@H]2C(CCC(N)=O)NC3(C(=O)Nc4c(Cl)cccc43)[C@@H]2C1=O. The van der Waals surface area contributed by atoms with Gasteiger partial charge >= 0.3 is 0 Å². The Labute approximate surface area is 173 Å². The highest BCUT2D eigenvalue weighted by Crippen LogP contribution is 2.54. The molecule has 4 amide bonds. The van der Waals surface area contributed by atoms with Crippen molar-refractivity contribution in [1.82, 2.24) is 10.2 Å². The summed E-state index contributed by atoms with van der Waals surface area (Å²) in [5, 5.41) is 6.40. The highest BCUT2D eigenvalue weighted by molar-refractivity contribution is 6.35. The molecule has 0 aliphatic carbocycles. The van der Waals surface area contributed by atoms with Crippen LogP contribution in [0.25, 0.3) is 0 Å². The quantitative estimate of drug-likeness (QED) is 0.598. The fourth-order valence-corrected chi connectivity index (χ4v) is 5.16. The Bertz CT molecular complexity index is 920. The number of hydrogen-bond acceptors (Lipinski definition) is 5. The molecule has 2 saturated heterocycles. The highest BCUT2D eigenvalue weighted by Gasteiger charge is 2.70. The van der Waals surface area contributed by atoms with Crippen LogP contribution >= 0.6 is 11.6 Å². The third kappa shape index (κ3) is 2.77. The lowest BCUT2D eigenvalue weighted by Gasteiger charge is -2.29. The largest absolute Gasteiger partial charge is 0.370 e. The number of carbonyl (C=O) groups is 4. The zero-order valence-corrected chi connectivity index (χ0v) is 16.8. The molecule has 8 nitrogen and oxygen atoms in total. The van der Waals surface area contributed by atoms with E-state index in [1.165, 1.54) is 4.90 Å². The van der Waals surface area contributed by atoms with E-state index in [-0.39, 0.29) is 24.7 Å². The topological polar surface area (TPSA) is 122 Å². The van der Waals surface area contributed by atoms with Crippen molar-refractivity contribution in [2.45, 2.75) is 44.2 Å². The molecule has 2 unspecified atom stereocenters. The first-order chi connectivity index (χ1) is 13.8. The molecule has 3 aliphatic heterocycles. The molecule has 0 saturated carbocycles. The number of anilines is 1. The Hall–Kier alpha value is -2.45. The van der Waals surface area contributed by atoms with Crippen LogP contribution in [0.2, 0.25) is 5.02 Å². The number of likely N-dealkylation sites (tertiary alicyclic amines) is 1. The summed E-state index contributed by atoms with van der Waals surface area (Å²) in [6.45, 7) is 2.30. The van der Waals surface area contributed by atoms with Crippen molar-refractivity contribution in [1.29, 1.82) is 0 Å². The second-order valence-electron chi connectivity index (χ2n) is 7.87. The van der Waals surface area contributed by atoms with Crippen molar-refractivity contribution in [3.63, 3.8) is 0 Å². The van der Waals surface area contributed by atoms with Gasteiger partial charge in [-0.1, -0.05) is 37.1 Å². The van der Waals surface area contributed by atoms with E-state index < -0.39 is 35.2 Å². The molecule has 2 fully saturated rings. The zero-order chi connectivity index (χ0) is 20.9. The van der Waals surface area contributed by atoms with Crippen LogP contribution in [-0.2, 0) is 24.7 Å². The average Bonchev–Trinajstić information content (AvgIpc) is 3.25. The molecule has 4 atom stereocenters. The molecule has 3 heterocycles. The smallest absolute Gasteiger partial charge is 0.250 e. The van der Waals surface area contributed by atoms with Gasteiger partial charge in [0.05, 0.1) is 22.5 Å². The van der Waals surface area contributed by atoms with Crippen LogP contribution in [0.5, 0.6) is 0 Å². The lowest BCUT2D eigenvalue weighted by atomic mass is 9.76. The van der Waals surface area contributed by atoms with E-state index in [0.717, 1.165) is 6.42 Å². The molecule has 4 N–H and O–H groups in total. The Kier molecular flexibility index (Phi) is 4.86. The standard InChI is InChI=1S/C20H23ClN4O4/c1-2-3-9-25-17(27)14-12(7-8-13(22)26)24-20(15(14)18(25)28)10-5-4-6-11(21)16(10)23-19(20)29/h4-6,12,14-15,24H,2-3,7-9H2,1H3,(H2,22,26)(H,23,29)/t12?,14-,15+,20?/m1/s1. The van der Waals surface area contributed by atoms with Gasteiger partial charge in [0.25, 0.3) is 0 Å². The Morgan fingerprint density at radius 1 is 1.28 bits per heavy atom. The van der Waals surface area contributed by atoms with Gasteiger partial charge in [-0.25, -0.2) is 0 Å². The summed E-state index contributed by atoms with van der Waals surface area (Å²) < 4.78 is 0. The first-order valence-electron chi connectivity index (χ1n) is 9.84. The molecule has 29 heavy (non-hydrogen) atoms. The number of imide groups is 1. The minimum Gasteiger partial charge on any atom is -0.370 e. The lowest BCUT2D eigenvalue weighted by Crippen LogP contribution is -2.53. The van der Waals surface area contributed by atoms with Crippen LogP contribution < -0.4 is 16.4 Å². The first-order valence-corrected chi connectivity index (χ1v) is 10.2. The predicted octanol–water partition coefficient (Wildman–Crippen LogP) is 1.13. The van der Waals surface area contributed by atoms with Gasteiger partial charge in [0.1, 0.15) is 5.54 Å². The maximum Gasteiger partial charge on any atom is 0.250 e. The number of benzene rings is 1. The molecule has 0 radical (unpaired) electrons. The molecule has 154 valence electrons. The van der Waals surface area contributed by atoms with E-state index in [0.29, 0.717) is 29.2 Å². The predicted molar refractivity (Wildman–Crippen MR) is 106 cm³/mol. The van der Waals surface area contributed by atoms with Gasteiger partial charge in [-0.05, 0) is 18.9 Å². The molecule has 1 spiro atoms. The molecule has 3 aliphatic rings. The summed E-state index contributed by atoms with van der Waals surface area (Å²) in [4.78, 5) is 52.4. The van der Waals surface area contributed by atoms with Gasteiger partial charge in [0.2, 0.25) is 23.6 Å². The van der Waals surface area contributed by atoms with Crippen molar-refractivity contribution < 1.29 is 19.2 Å². The molecule has 9 heteroatoms. The molecule has 4 rings (SSSR count). The van der Waals surface area contributed by atoms with Crippen LogP contribution in [0, 0.1) is 11.8 Å². The van der Waals surface area contributed by atoms with E-state index in [2.05, 4.69) is 10.6 Å². The van der Waals surface area contributed by atoms with Crippen LogP contribution in [-0.4, -0.2) is 41.1 Å². The molecule has 0 bridgehead atoms. The summed E-state index contributed by atoms with van der Waals surface area (Å²) in [5.74, 6) is -3.17. The summed E-state index contributed by atoms with van der Waals surface area (Å²) in [5.41, 5.74) is 4.93. The number of amides is 4. The molecular weight excluding hydrogens is 396 g/mol. The van der Waals surface area contributed by atoms with Crippen molar-refractivity contribution in [2.75, 3.05) is 11.9 Å². The van der Waals surface area contributed by atoms with Gasteiger partial charge in [-0.3, -0.25) is 29.4 Å². The fraction of sp³-hybridized carbons (Fsp3) is 0.500. The maximum atomic E-state index is 13.3. The Morgan fingerprint density at radius 2 is 2.03 bits per heavy atom. The number of unbranched alkanes of at least 4 members (excludes halogenated alkanes) is 1. The van der Waals surface area contributed by atoms with Crippen LogP contribution in [0.15, 0.2) is 18.2 Å². The van der Waals surface area contributed by atoms with E-state index >= 15 is 0 Å². The summed E-state index contributed by atoms with van der Waals surface area (Å²) in [6, 6.07) is 4.59. The molecule has 1 aromatic carbocycles. The van der Waals surface area contributed by atoms with Gasteiger partial charge in [0.15, 0.2) is 0 Å². The number of primary amides is 1. The Morgan fingerprint density at radius 3 is 2.72 bits per heavy atom. The number of carbonyl (C=O) groups excluding carboxylic acids is 4. The third-order valence-electron chi connectivity index (χ3n) is 6.23. The average molecular weight is 419 g/mol. The summed E-state index contributed by atoms with van der Waals surface area (Å²) >= 11 is 6.27. The van der Waals surface area contributed by atoms with Crippen LogP contribution in [0.3, 0.4) is 0 Å². The first kappa shape index (κ1) is 19.8. The number of nitrogens with two attached hydrogens (primary N) is 1. The van der Waals surface area contributed by atoms with E-state index in [1.807, 2.05) is 6.92 Å².